The highest BCUT2D eigenvalue weighted by Crippen LogP contribution is 2.38. The molecule has 1 aliphatic carbocycles. The standard InChI is InChI=1S/C15H19NO5S/c1-15(9-5-6-10-15)14(18)16-22(19,20)12-8-4-3-7-11(12)13(17)21-2/h3-4,7-8H,5-6,9-10H2,1-2H3,(H,16,18). The Hall–Kier alpha value is -1.89. The Morgan fingerprint density at radius 3 is 2.36 bits per heavy atom. The average molecular weight is 325 g/mol. The largest absolute Gasteiger partial charge is 0.465 e. The summed E-state index contributed by atoms with van der Waals surface area (Å²) in [5.74, 6) is -1.29. The van der Waals surface area contributed by atoms with E-state index in [0.29, 0.717) is 12.8 Å². The van der Waals surface area contributed by atoms with Crippen molar-refractivity contribution in [3.05, 3.63) is 29.8 Å². The van der Waals surface area contributed by atoms with E-state index in [9.17, 15) is 18.0 Å². The first kappa shape index (κ1) is 16.5. The number of sulfonamides is 1. The first-order valence-electron chi connectivity index (χ1n) is 7.05. The number of amides is 1. The fourth-order valence-corrected chi connectivity index (χ4v) is 3.96. The number of methoxy groups -OCH3 is 1. The maximum Gasteiger partial charge on any atom is 0.339 e. The van der Waals surface area contributed by atoms with Gasteiger partial charge in [0.15, 0.2) is 0 Å². The predicted octanol–water partition coefficient (Wildman–Crippen LogP) is 1.86. The van der Waals surface area contributed by atoms with Crippen molar-refractivity contribution >= 4 is 21.9 Å². The van der Waals surface area contributed by atoms with Crippen LogP contribution in [0.4, 0.5) is 0 Å². The summed E-state index contributed by atoms with van der Waals surface area (Å²) in [7, 11) is -2.95. The van der Waals surface area contributed by atoms with Crippen molar-refractivity contribution in [2.75, 3.05) is 7.11 Å². The second-order valence-electron chi connectivity index (χ2n) is 5.69. The molecule has 0 bridgehead atoms. The van der Waals surface area contributed by atoms with Gasteiger partial charge in [0.2, 0.25) is 5.91 Å². The summed E-state index contributed by atoms with van der Waals surface area (Å²) in [6, 6.07) is 5.65. The topological polar surface area (TPSA) is 89.5 Å². The third-order valence-corrected chi connectivity index (χ3v) is 5.45. The molecule has 0 aromatic heterocycles. The summed E-state index contributed by atoms with van der Waals surface area (Å²) in [6.07, 6.45) is 3.13. The molecule has 22 heavy (non-hydrogen) atoms. The molecule has 1 aliphatic rings. The van der Waals surface area contributed by atoms with Crippen LogP contribution in [0.2, 0.25) is 0 Å². The first-order chi connectivity index (χ1) is 10.3. The fraction of sp³-hybridized carbons (Fsp3) is 0.467. The van der Waals surface area contributed by atoms with Crippen LogP contribution in [0.15, 0.2) is 29.2 Å². The maximum atomic E-state index is 12.4. The Kier molecular flexibility index (Phi) is 4.55. The van der Waals surface area contributed by atoms with Crippen LogP contribution in [0.25, 0.3) is 0 Å². The summed E-state index contributed by atoms with van der Waals surface area (Å²) < 4.78 is 31.6. The highest BCUT2D eigenvalue weighted by atomic mass is 32.2. The zero-order valence-electron chi connectivity index (χ0n) is 12.6. The minimum Gasteiger partial charge on any atom is -0.465 e. The lowest BCUT2D eigenvalue weighted by Crippen LogP contribution is -2.41. The molecule has 1 aromatic carbocycles. The van der Waals surface area contributed by atoms with Crippen LogP contribution < -0.4 is 4.72 Å². The van der Waals surface area contributed by atoms with Gasteiger partial charge < -0.3 is 4.74 Å². The van der Waals surface area contributed by atoms with Gasteiger partial charge in [0, 0.05) is 5.41 Å². The molecule has 0 radical (unpaired) electrons. The van der Waals surface area contributed by atoms with E-state index >= 15 is 0 Å². The highest BCUT2D eigenvalue weighted by molar-refractivity contribution is 7.90. The molecule has 6 nitrogen and oxygen atoms in total. The van der Waals surface area contributed by atoms with Gasteiger partial charge in [0.05, 0.1) is 12.7 Å². The van der Waals surface area contributed by atoms with Gasteiger partial charge in [-0.3, -0.25) is 4.79 Å². The number of rotatable bonds is 4. The third kappa shape index (κ3) is 3.14. The second kappa shape index (κ2) is 6.08. The van der Waals surface area contributed by atoms with Crippen molar-refractivity contribution in [2.45, 2.75) is 37.5 Å². The normalized spacial score (nSPS) is 17.0. The molecule has 1 amide bonds. The van der Waals surface area contributed by atoms with Crippen LogP contribution in [0.3, 0.4) is 0 Å². The minimum absolute atomic E-state index is 0.0955. The van der Waals surface area contributed by atoms with Crippen molar-refractivity contribution in [3.63, 3.8) is 0 Å². The molecule has 1 aromatic rings. The molecule has 1 fully saturated rings. The Bertz CT molecular complexity index is 690. The molecular formula is C15H19NO5S. The molecule has 7 heteroatoms. The summed E-state index contributed by atoms with van der Waals surface area (Å²) in [5, 5.41) is 0. The fourth-order valence-electron chi connectivity index (χ4n) is 2.66. The zero-order chi connectivity index (χ0) is 16.4. The minimum atomic E-state index is -4.12. The molecule has 0 saturated heterocycles. The van der Waals surface area contributed by atoms with E-state index in [1.54, 1.807) is 6.92 Å². The number of ether oxygens (including phenoxy) is 1. The lowest BCUT2D eigenvalue weighted by atomic mass is 9.88. The lowest BCUT2D eigenvalue weighted by Gasteiger charge is -2.22. The summed E-state index contributed by atoms with van der Waals surface area (Å²) in [5.41, 5.74) is -0.769. The van der Waals surface area contributed by atoms with E-state index in [0.717, 1.165) is 12.8 Å². The molecule has 120 valence electrons. The number of hydrogen-bond donors (Lipinski definition) is 1. The molecule has 0 unspecified atom stereocenters. The number of hydrogen-bond acceptors (Lipinski definition) is 5. The maximum absolute atomic E-state index is 12.4. The molecule has 0 atom stereocenters. The molecule has 1 N–H and O–H groups in total. The van der Waals surface area contributed by atoms with Gasteiger partial charge in [0.25, 0.3) is 10.0 Å². The quantitative estimate of drug-likeness (QED) is 0.853. The number of nitrogens with one attached hydrogen (secondary N) is 1. The summed E-state index contributed by atoms with van der Waals surface area (Å²) in [4.78, 5) is 23.7. The Labute approximate surface area is 129 Å². The van der Waals surface area contributed by atoms with Gasteiger partial charge in [-0.1, -0.05) is 31.9 Å². The van der Waals surface area contributed by atoms with Crippen molar-refractivity contribution in [1.29, 1.82) is 0 Å². The number of benzene rings is 1. The summed E-state index contributed by atoms with van der Waals surface area (Å²) in [6.45, 7) is 1.76. The Morgan fingerprint density at radius 1 is 1.18 bits per heavy atom. The van der Waals surface area contributed by atoms with Gasteiger partial charge in [0.1, 0.15) is 4.90 Å². The molecule has 0 heterocycles. The average Bonchev–Trinajstić information content (AvgIpc) is 2.94. The zero-order valence-corrected chi connectivity index (χ0v) is 13.4. The molecule has 0 spiro atoms. The van der Waals surface area contributed by atoms with E-state index in [-0.39, 0.29) is 10.5 Å². The first-order valence-corrected chi connectivity index (χ1v) is 8.53. The van der Waals surface area contributed by atoms with Gasteiger partial charge in [-0.05, 0) is 25.0 Å². The smallest absolute Gasteiger partial charge is 0.339 e. The predicted molar refractivity (Wildman–Crippen MR) is 79.7 cm³/mol. The Balaban J connectivity index is 2.32. The Morgan fingerprint density at radius 2 is 1.77 bits per heavy atom. The third-order valence-electron chi connectivity index (χ3n) is 4.06. The van der Waals surface area contributed by atoms with Crippen molar-refractivity contribution in [2.24, 2.45) is 5.41 Å². The van der Waals surface area contributed by atoms with Gasteiger partial charge in [-0.25, -0.2) is 17.9 Å². The van der Waals surface area contributed by atoms with Crippen LogP contribution in [-0.2, 0) is 19.6 Å². The van der Waals surface area contributed by atoms with Crippen LogP contribution in [-0.4, -0.2) is 27.4 Å². The van der Waals surface area contributed by atoms with Crippen LogP contribution in [0.1, 0.15) is 43.0 Å². The SMILES string of the molecule is COC(=O)c1ccccc1S(=O)(=O)NC(=O)C1(C)CCCC1. The molecule has 0 aliphatic heterocycles. The van der Waals surface area contributed by atoms with Crippen molar-refractivity contribution in [1.82, 2.24) is 4.72 Å². The summed E-state index contributed by atoms with van der Waals surface area (Å²) >= 11 is 0. The number of esters is 1. The molecule has 2 rings (SSSR count). The van der Waals surface area contributed by atoms with Crippen LogP contribution in [0.5, 0.6) is 0 Å². The number of carbonyl (C=O) groups is 2. The molecule has 1 saturated carbocycles. The van der Waals surface area contributed by atoms with E-state index in [1.165, 1.54) is 31.4 Å². The van der Waals surface area contributed by atoms with Gasteiger partial charge in [-0.15, -0.1) is 0 Å². The highest BCUT2D eigenvalue weighted by Gasteiger charge is 2.38. The van der Waals surface area contributed by atoms with E-state index in [2.05, 4.69) is 9.46 Å². The second-order valence-corrected chi connectivity index (χ2v) is 7.34. The van der Waals surface area contributed by atoms with Crippen molar-refractivity contribution in [3.8, 4) is 0 Å². The molecular weight excluding hydrogens is 306 g/mol. The number of carbonyl (C=O) groups excluding carboxylic acids is 2. The van der Waals surface area contributed by atoms with Crippen molar-refractivity contribution < 1.29 is 22.7 Å². The van der Waals surface area contributed by atoms with E-state index in [4.69, 9.17) is 0 Å². The van der Waals surface area contributed by atoms with Crippen LogP contribution in [0, 0.1) is 5.41 Å². The van der Waals surface area contributed by atoms with Crippen LogP contribution >= 0.6 is 0 Å². The lowest BCUT2D eigenvalue weighted by molar-refractivity contribution is -0.127. The van der Waals surface area contributed by atoms with Gasteiger partial charge >= 0.3 is 5.97 Å². The van der Waals surface area contributed by atoms with E-state index in [1.807, 2.05) is 0 Å². The van der Waals surface area contributed by atoms with E-state index < -0.39 is 27.3 Å². The monoisotopic (exact) mass is 325 g/mol. The van der Waals surface area contributed by atoms with Gasteiger partial charge in [-0.2, -0.15) is 0 Å².